The maximum Gasteiger partial charge on any atom is 0.261 e. The highest BCUT2D eigenvalue weighted by atomic mass is 19.3. The fraction of sp³-hybridized carbons (Fsp3) is 1.00. The van der Waals surface area contributed by atoms with E-state index in [1.54, 1.807) is 0 Å². The van der Waals surface area contributed by atoms with Gasteiger partial charge < -0.3 is 5.32 Å². The first-order valence-corrected chi connectivity index (χ1v) is 4.99. The molecule has 1 atom stereocenters. The van der Waals surface area contributed by atoms with Crippen LogP contribution >= 0.6 is 0 Å². The molecule has 4 heteroatoms. The molecule has 0 aromatic heterocycles. The molecule has 0 radical (unpaired) electrons. The molecule has 0 aromatic carbocycles. The Labute approximate surface area is 77.3 Å². The van der Waals surface area contributed by atoms with Crippen LogP contribution in [0.5, 0.6) is 0 Å². The summed E-state index contributed by atoms with van der Waals surface area (Å²) in [6.07, 6.45) is 2.37. The second-order valence-electron chi connectivity index (χ2n) is 4.13. The van der Waals surface area contributed by atoms with E-state index in [4.69, 9.17) is 0 Å². The average Bonchev–Trinajstić information content (AvgIpc) is 2.61. The van der Waals surface area contributed by atoms with Crippen LogP contribution in [0.2, 0.25) is 0 Å². The molecule has 0 unspecified atom stereocenters. The van der Waals surface area contributed by atoms with Crippen LogP contribution < -0.4 is 5.32 Å². The summed E-state index contributed by atoms with van der Waals surface area (Å²) in [7, 11) is 0. The van der Waals surface area contributed by atoms with E-state index in [-0.39, 0.29) is 13.0 Å². The molecule has 0 amide bonds. The van der Waals surface area contributed by atoms with E-state index < -0.39 is 5.92 Å². The molecule has 2 aliphatic heterocycles. The zero-order valence-corrected chi connectivity index (χ0v) is 7.73. The molecule has 2 nitrogen and oxygen atoms in total. The van der Waals surface area contributed by atoms with Crippen molar-refractivity contribution >= 4 is 0 Å². The highest BCUT2D eigenvalue weighted by molar-refractivity contribution is 4.86. The fourth-order valence-corrected chi connectivity index (χ4v) is 2.19. The predicted molar refractivity (Wildman–Crippen MR) is 47.0 cm³/mol. The largest absolute Gasteiger partial charge is 0.313 e. The molecule has 2 fully saturated rings. The lowest BCUT2D eigenvalue weighted by Crippen LogP contribution is -2.37. The number of hydrogen-bond donors (Lipinski definition) is 1. The van der Waals surface area contributed by atoms with Gasteiger partial charge in [-0.1, -0.05) is 0 Å². The Hall–Kier alpha value is -0.220. The molecular formula is C9H16F2N2. The minimum atomic E-state index is -2.43. The van der Waals surface area contributed by atoms with Gasteiger partial charge in [-0.25, -0.2) is 8.78 Å². The van der Waals surface area contributed by atoms with Crippen molar-refractivity contribution in [3.8, 4) is 0 Å². The van der Waals surface area contributed by atoms with Crippen molar-refractivity contribution in [1.29, 1.82) is 0 Å². The van der Waals surface area contributed by atoms with E-state index in [2.05, 4.69) is 5.32 Å². The molecule has 0 aromatic rings. The van der Waals surface area contributed by atoms with Gasteiger partial charge in [0.15, 0.2) is 0 Å². The van der Waals surface area contributed by atoms with Gasteiger partial charge in [-0.05, 0) is 19.4 Å². The van der Waals surface area contributed by atoms with Crippen molar-refractivity contribution in [3.63, 3.8) is 0 Å². The molecule has 0 bridgehead atoms. The average molecular weight is 190 g/mol. The zero-order valence-electron chi connectivity index (χ0n) is 7.73. The summed E-state index contributed by atoms with van der Waals surface area (Å²) >= 11 is 0. The molecule has 0 aliphatic carbocycles. The van der Waals surface area contributed by atoms with Crippen LogP contribution in [0.15, 0.2) is 0 Å². The summed E-state index contributed by atoms with van der Waals surface area (Å²) < 4.78 is 25.6. The van der Waals surface area contributed by atoms with Crippen LogP contribution in [-0.2, 0) is 0 Å². The summed E-state index contributed by atoms with van der Waals surface area (Å²) in [4.78, 5) is 1.88. The van der Waals surface area contributed by atoms with Crippen LogP contribution in [0.1, 0.15) is 19.3 Å². The van der Waals surface area contributed by atoms with Gasteiger partial charge >= 0.3 is 0 Å². The molecule has 1 N–H and O–H groups in total. The molecule has 2 aliphatic rings. The molecule has 76 valence electrons. The van der Waals surface area contributed by atoms with Crippen LogP contribution in [0, 0.1) is 0 Å². The van der Waals surface area contributed by atoms with Gasteiger partial charge in [0.1, 0.15) is 0 Å². The Morgan fingerprint density at radius 3 is 2.85 bits per heavy atom. The zero-order chi connectivity index (χ0) is 9.31. The normalized spacial score (nSPS) is 34.2. The monoisotopic (exact) mass is 190 g/mol. The number of hydrogen-bond acceptors (Lipinski definition) is 2. The Morgan fingerprint density at radius 2 is 2.31 bits per heavy atom. The Bertz CT molecular complexity index is 178. The summed E-state index contributed by atoms with van der Waals surface area (Å²) in [5.74, 6) is -2.43. The van der Waals surface area contributed by atoms with E-state index in [0.717, 1.165) is 19.5 Å². The van der Waals surface area contributed by atoms with Crippen LogP contribution in [0.3, 0.4) is 0 Å². The summed E-state index contributed by atoms with van der Waals surface area (Å²) in [6.45, 7) is 2.38. The lowest BCUT2D eigenvalue weighted by Gasteiger charge is -2.19. The minimum Gasteiger partial charge on any atom is -0.313 e. The van der Waals surface area contributed by atoms with Crippen LogP contribution in [0.25, 0.3) is 0 Å². The third-order valence-corrected chi connectivity index (χ3v) is 2.89. The van der Waals surface area contributed by atoms with E-state index >= 15 is 0 Å². The maximum atomic E-state index is 12.8. The molecule has 2 heterocycles. The molecule has 2 rings (SSSR count). The predicted octanol–water partition coefficient (Wildman–Crippen LogP) is 1.08. The van der Waals surface area contributed by atoms with E-state index in [1.807, 2.05) is 4.90 Å². The van der Waals surface area contributed by atoms with Crippen LogP contribution in [0.4, 0.5) is 8.78 Å². The molecule has 13 heavy (non-hydrogen) atoms. The first-order chi connectivity index (χ1) is 6.16. The van der Waals surface area contributed by atoms with E-state index in [0.29, 0.717) is 12.6 Å². The number of rotatable bonds is 2. The number of nitrogens with one attached hydrogen (secondary N) is 1. The standard InChI is InChI=1S/C9H16F2N2/c10-9(11)3-5-13(7-9)6-8-2-1-4-12-8/h8,12H,1-7H2/t8-/m0/s1. The van der Waals surface area contributed by atoms with Gasteiger partial charge in [-0.2, -0.15) is 0 Å². The van der Waals surface area contributed by atoms with Gasteiger partial charge in [0.2, 0.25) is 0 Å². The smallest absolute Gasteiger partial charge is 0.261 e. The van der Waals surface area contributed by atoms with Gasteiger partial charge in [0.25, 0.3) is 5.92 Å². The lowest BCUT2D eigenvalue weighted by atomic mass is 10.2. The number of halogens is 2. The van der Waals surface area contributed by atoms with Crippen molar-refractivity contribution in [2.45, 2.75) is 31.2 Å². The number of likely N-dealkylation sites (tertiary alicyclic amines) is 1. The highest BCUT2D eigenvalue weighted by Crippen LogP contribution is 2.27. The van der Waals surface area contributed by atoms with Gasteiger partial charge in [0.05, 0.1) is 6.54 Å². The number of nitrogens with zero attached hydrogens (tertiary/aromatic N) is 1. The summed E-state index contributed by atoms with van der Waals surface area (Å²) in [6, 6.07) is 0.453. The van der Waals surface area contributed by atoms with Crippen molar-refractivity contribution < 1.29 is 8.78 Å². The van der Waals surface area contributed by atoms with Crippen molar-refractivity contribution in [1.82, 2.24) is 10.2 Å². The molecule has 0 spiro atoms. The van der Waals surface area contributed by atoms with E-state index in [1.165, 1.54) is 6.42 Å². The second-order valence-corrected chi connectivity index (χ2v) is 4.13. The SMILES string of the molecule is FC1(F)CCN(C[C@@H]2CCCN2)C1. The molecule has 2 saturated heterocycles. The van der Waals surface area contributed by atoms with Crippen molar-refractivity contribution in [2.75, 3.05) is 26.2 Å². The van der Waals surface area contributed by atoms with Crippen molar-refractivity contribution in [2.24, 2.45) is 0 Å². The third-order valence-electron chi connectivity index (χ3n) is 2.89. The number of alkyl halides is 2. The quantitative estimate of drug-likeness (QED) is 0.701. The fourth-order valence-electron chi connectivity index (χ4n) is 2.19. The summed E-state index contributed by atoms with van der Waals surface area (Å²) in [5.41, 5.74) is 0. The van der Waals surface area contributed by atoms with Gasteiger partial charge in [-0.15, -0.1) is 0 Å². The minimum absolute atomic E-state index is 0.0365. The Kier molecular flexibility index (Phi) is 2.51. The first kappa shape index (κ1) is 9.34. The Morgan fingerprint density at radius 1 is 1.46 bits per heavy atom. The maximum absolute atomic E-state index is 12.8. The highest BCUT2D eigenvalue weighted by Gasteiger charge is 2.38. The summed E-state index contributed by atoms with van der Waals surface area (Å²) in [5, 5.41) is 3.32. The van der Waals surface area contributed by atoms with Crippen LogP contribution in [-0.4, -0.2) is 43.0 Å². The van der Waals surface area contributed by atoms with E-state index in [9.17, 15) is 8.78 Å². The molecule has 0 saturated carbocycles. The third kappa shape index (κ3) is 2.38. The van der Waals surface area contributed by atoms with Gasteiger partial charge in [0, 0.05) is 25.6 Å². The Balaban J connectivity index is 1.77. The topological polar surface area (TPSA) is 15.3 Å². The second kappa shape index (κ2) is 3.50. The van der Waals surface area contributed by atoms with Crippen molar-refractivity contribution in [3.05, 3.63) is 0 Å². The lowest BCUT2D eigenvalue weighted by molar-refractivity contribution is 0.0116. The molecular weight excluding hydrogens is 174 g/mol. The van der Waals surface area contributed by atoms with Gasteiger partial charge in [-0.3, -0.25) is 4.90 Å². The first-order valence-electron chi connectivity index (χ1n) is 4.99.